The molecular weight excluding hydrogens is 457 g/mol. The van der Waals surface area contributed by atoms with Gasteiger partial charge in [-0.2, -0.15) is 0 Å². The molecule has 27 heavy (non-hydrogen) atoms. The molecule has 0 aromatic carbocycles. The minimum Gasteiger partial charge on any atom is -0.460 e. The van der Waals surface area contributed by atoms with Gasteiger partial charge < -0.3 is 14.4 Å². The van der Waals surface area contributed by atoms with Gasteiger partial charge in [-0.1, -0.05) is 19.0 Å². The average Bonchev–Trinajstić information content (AvgIpc) is 2.86. The molecule has 0 aliphatic heterocycles. The van der Waals surface area contributed by atoms with Gasteiger partial charge in [0.25, 0.3) is 0 Å². The van der Waals surface area contributed by atoms with E-state index >= 15 is 0 Å². The van der Waals surface area contributed by atoms with E-state index < -0.39 is 5.60 Å². The normalized spacial score (nSPS) is 21.2. The Bertz CT molecular complexity index is 614. The van der Waals surface area contributed by atoms with Gasteiger partial charge >= 0.3 is 5.97 Å². The lowest BCUT2D eigenvalue weighted by Gasteiger charge is -2.35. The van der Waals surface area contributed by atoms with E-state index in [1.54, 1.807) is 0 Å². The summed E-state index contributed by atoms with van der Waals surface area (Å²) < 4.78 is 12.3. The van der Waals surface area contributed by atoms with Gasteiger partial charge in [0.05, 0.1) is 9.99 Å². The summed E-state index contributed by atoms with van der Waals surface area (Å²) in [6, 6.07) is 0. The molecule has 0 amide bonds. The van der Waals surface area contributed by atoms with Crippen molar-refractivity contribution in [1.82, 2.24) is 5.16 Å². The lowest BCUT2D eigenvalue weighted by atomic mass is 9.70. The topological polar surface area (TPSA) is 72.6 Å². The number of aliphatic hydroxyl groups is 1. The molecule has 1 saturated carbocycles. The molecule has 1 aromatic rings. The third-order valence-corrected chi connectivity index (χ3v) is 6.11. The van der Waals surface area contributed by atoms with Crippen molar-refractivity contribution in [3.63, 3.8) is 0 Å². The molecule has 154 valence electrons. The summed E-state index contributed by atoms with van der Waals surface area (Å²) in [5.74, 6) is 2.63. The highest BCUT2D eigenvalue weighted by Crippen LogP contribution is 2.47. The summed E-state index contributed by atoms with van der Waals surface area (Å²) in [5.41, 5.74) is 0.343. The summed E-state index contributed by atoms with van der Waals surface area (Å²) in [6.45, 7) is 10.3. The van der Waals surface area contributed by atoms with E-state index in [1.165, 1.54) is 6.42 Å². The van der Waals surface area contributed by atoms with Crippen molar-refractivity contribution in [1.29, 1.82) is 0 Å². The maximum absolute atomic E-state index is 12.3. The van der Waals surface area contributed by atoms with E-state index in [-0.39, 0.29) is 24.9 Å². The van der Waals surface area contributed by atoms with E-state index in [0.29, 0.717) is 18.8 Å². The van der Waals surface area contributed by atoms with Crippen molar-refractivity contribution in [2.75, 3.05) is 6.61 Å². The zero-order chi connectivity index (χ0) is 20.2. The summed E-state index contributed by atoms with van der Waals surface area (Å²) in [4.78, 5) is 12.3. The van der Waals surface area contributed by atoms with Crippen LogP contribution in [-0.2, 0) is 9.53 Å². The molecular formula is C21H34INO4. The summed E-state index contributed by atoms with van der Waals surface area (Å²) in [5, 5.41) is 13.6. The monoisotopic (exact) mass is 491 g/mol. The lowest BCUT2D eigenvalue weighted by Crippen LogP contribution is -2.25. The number of hydrogen-bond acceptors (Lipinski definition) is 5. The van der Waals surface area contributed by atoms with E-state index in [0.717, 1.165) is 39.7 Å². The number of hydrogen-bond donors (Lipinski definition) is 1. The fourth-order valence-corrected chi connectivity index (χ4v) is 4.96. The van der Waals surface area contributed by atoms with Gasteiger partial charge in [0.1, 0.15) is 11.3 Å². The second-order valence-electron chi connectivity index (χ2n) is 9.26. The fraction of sp³-hybridized carbons (Fsp3) is 0.810. The van der Waals surface area contributed by atoms with Crippen molar-refractivity contribution in [3.05, 3.63) is 15.0 Å². The molecule has 1 fully saturated rings. The molecule has 1 aliphatic carbocycles. The smallest absolute Gasteiger partial charge is 0.306 e. The fourth-order valence-electron chi connectivity index (χ4n) is 3.88. The van der Waals surface area contributed by atoms with Crippen LogP contribution in [0.25, 0.3) is 0 Å². The first-order valence-electron chi connectivity index (χ1n) is 10.1. The van der Waals surface area contributed by atoms with Gasteiger partial charge in [-0.05, 0) is 87.3 Å². The van der Waals surface area contributed by atoms with Crippen molar-refractivity contribution >= 4 is 28.6 Å². The van der Waals surface area contributed by atoms with Gasteiger partial charge in [-0.3, -0.25) is 4.79 Å². The van der Waals surface area contributed by atoms with E-state index in [9.17, 15) is 9.90 Å². The quantitative estimate of drug-likeness (QED) is 0.370. The molecule has 1 heterocycles. The Morgan fingerprint density at radius 3 is 2.59 bits per heavy atom. The van der Waals surface area contributed by atoms with Crippen LogP contribution in [0.2, 0.25) is 0 Å². The number of aromatic nitrogens is 1. The van der Waals surface area contributed by atoms with Crippen LogP contribution in [0.5, 0.6) is 0 Å². The number of nitrogens with zero attached hydrogens (tertiary/aromatic N) is 1. The van der Waals surface area contributed by atoms with Gasteiger partial charge in [0, 0.05) is 18.4 Å². The van der Waals surface area contributed by atoms with Crippen LogP contribution in [0.15, 0.2) is 4.52 Å². The molecule has 2 rings (SSSR count). The molecule has 1 aliphatic rings. The third kappa shape index (κ3) is 6.73. The van der Waals surface area contributed by atoms with Crippen LogP contribution in [0.3, 0.4) is 0 Å². The molecule has 5 nitrogen and oxygen atoms in total. The number of aliphatic hydroxyl groups excluding tert-OH is 1. The van der Waals surface area contributed by atoms with E-state index in [4.69, 9.17) is 9.26 Å². The standard InChI is InChI=1S/C21H34INO4/c1-13(2)9-14-10-16(11-14)20-18(22)19(23-27-20)15(7-6-8-24)12-17(25)26-21(3,4)5/h13-16,24H,6-12H2,1-5H3/t14?,15-,16?/m0/s1. The maximum Gasteiger partial charge on any atom is 0.306 e. The lowest BCUT2D eigenvalue weighted by molar-refractivity contribution is -0.155. The highest BCUT2D eigenvalue weighted by atomic mass is 127. The number of rotatable bonds is 9. The minimum atomic E-state index is -0.502. The average molecular weight is 491 g/mol. The van der Waals surface area contributed by atoms with E-state index in [1.807, 2.05) is 20.8 Å². The Morgan fingerprint density at radius 1 is 1.37 bits per heavy atom. The van der Waals surface area contributed by atoms with Crippen molar-refractivity contribution < 1.29 is 19.2 Å². The Morgan fingerprint density at radius 2 is 2.04 bits per heavy atom. The zero-order valence-electron chi connectivity index (χ0n) is 17.3. The largest absolute Gasteiger partial charge is 0.460 e. The number of carbonyl (C=O) groups excluding carboxylic acids is 1. The second kappa shape index (κ2) is 9.72. The van der Waals surface area contributed by atoms with Crippen LogP contribution in [0.1, 0.15) is 96.4 Å². The molecule has 1 N–H and O–H groups in total. The van der Waals surface area contributed by atoms with Crippen molar-refractivity contribution in [3.8, 4) is 0 Å². The van der Waals surface area contributed by atoms with Crippen LogP contribution in [0.4, 0.5) is 0 Å². The first-order chi connectivity index (χ1) is 12.6. The summed E-state index contributed by atoms with van der Waals surface area (Å²) in [7, 11) is 0. The summed E-state index contributed by atoms with van der Waals surface area (Å²) >= 11 is 2.31. The molecule has 6 heteroatoms. The third-order valence-electron chi connectivity index (χ3n) is 5.03. The Kier molecular flexibility index (Phi) is 8.16. The van der Waals surface area contributed by atoms with E-state index in [2.05, 4.69) is 41.6 Å². The molecule has 0 unspecified atom stereocenters. The Hall–Kier alpha value is -0.630. The number of ether oxygens (including phenoxy) is 1. The molecule has 1 aromatic heterocycles. The molecule has 0 spiro atoms. The van der Waals surface area contributed by atoms with Crippen LogP contribution in [0, 0.1) is 15.4 Å². The second-order valence-corrected chi connectivity index (χ2v) is 10.3. The highest BCUT2D eigenvalue weighted by molar-refractivity contribution is 14.1. The number of carbonyl (C=O) groups is 1. The SMILES string of the molecule is CC(C)CC1CC(c2onc([C@@H](CCCO)CC(=O)OC(C)(C)C)c2I)C1. The van der Waals surface area contributed by atoms with Crippen LogP contribution < -0.4 is 0 Å². The van der Waals surface area contributed by atoms with Gasteiger partial charge in [-0.25, -0.2) is 0 Å². The van der Waals surface area contributed by atoms with Gasteiger partial charge in [0.15, 0.2) is 5.76 Å². The van der Waals surface area contributed by atoms with Gasteiger partial charge in [0.2, 0.25) is 0 Å². The van der Waals surface area contributed by atoms with Crippen LogP contribution >= 0.6 is 22.6 Å². The first-order valence-corrected chi connectivity index (χ1v) is 11.2. The maximum atomic E-state index is 12.3. The Balaban J connectivity index is 2.06. The van der Waals surface area contributed by atoms with Crippen molar-refractivity contribution in [2.45, 2.75) is 90.6 Å². The zero-order valence-corrected chi connectivity index (χ0v) is 19.4. The summed E-state index contributed by atoms with van der Waals surface area (Å²) in [6.07, 6.45) is 5.18. The predicted octanol–water partition coefficient (Wildman–Crippen LogP) is 5.41. The minimum absolute atomic E-state index is 0.0806. The van der Waals surface area contributed by atoms with Crippen molar-refractivity contribution in [2.24, 2.45) is 11.8 Å². The molecule has 0 bridgehead atoms. The number of halogens is 1. The Labute approximate surface area is 176 Å². The molecule has 0 radical (unpaired) electrons. The molecule has 0 saturated heterocycles. The van der Waals surface area contributed by atoms with Crippen LogP contribution in [-0.4, -0.2) is 28.4 Å². The highest BCUT2D eigenvalue weighted by Gasteiger charge is 2.36. The van der Waals surface area contributed by atoms with Gasteiger partial charge in [-0.15, -0.1) is 0 Å². The first kappa shape index (κ1) is 22.7. The number of esters is 1. The molecule has 1 atom stereocenters. The predicted molar refractivity (Wildman–Crippen MR) is 114 cm³/mol.